The van der Waals surface area contributed by atoms with Crippen LogP contribution >= 0.6 is 0 Å². The van der Waals surface area contributed by atoms with Gasteiger partial charge in [0.1, 0.15) is 11.4 Å². The SMILES string of the molecule is Cn1nc(C(C)(C)C)cc1C(=O)N1C[C@@H]2C[C@H]1c1c(O)n(-c3cccc(C(F)(F)F)c3)c(=O)n12. The van der Waals surface area contributed by atoms with Crippen LogP contribution in [0.4, 0.5) is 13.2 Å². The Balaban J connectivity index is 1.54. The van der Waals surface area contributed by atoms with Gasteiger partial charge in [-0.05, 0) is 30.7 Å². The second-order valence-corrected chi connectivity index (χ2v) is 9.90. The van der Waals surface area contributed by atoms with E-state index in [4.69, 9.17) is 0 Å². The number of carbonyl (C=O) groups excluding carboxylic acids is 1. The van der Waals surface area contributed by atoms with Crippen LogP contribution in [-0.4, -0.2) is 41.4 Å². The topological polar surface area (TPSA) is 85.3 Å². The fourth-order valence-corrected chi connectivity index (χ4v) is 4.91. The van der Waals surface area contributed by atoms with E-state index in [0.717, 1.165) is 22.4 Å². The van der Waals surface area contributed by atoms with Crippen molar-refractivity contribution in [2.24, 2.45) is 7.05 Å². The Bertz CT molecular complexity index is 1380. The number of benzene rings is 1. The summed E-state index contributed by atoms with van der Waals surface area (Å²) < 4.78 is 43.3. The van der Waals surface area contributed by atoms with E-state index in [1.54, 1.807) is 18.0 Å². The normalized spacial score (nSPS) is 19.7. The predicted octanol–water partition coefficient (Wildman–Crippen LogP) is 3.54. The van der Waals surface area contributed by atoms with Crippen molar-refractivity contribution < 1.29 is 23.1 Å². The molecule has 0 saturated carbocycles. The highest BCUT2D eigenvalue weighted by molar-refractivity contribution is 5.93. The smallest absolute Gasteiger partial charge is 0.416 e. The van der Waals surface area contributed by atoms with Gasteiger partial charge >= 0.3 is 11.9 Å². The molecule has 5 rings (SSSR count). The quantitative estimate of drug-likeness (QED) is 0.615. The summed E-state index contributed by atoms with van der Waals surface area (Å²) in [5, 5.41) is 15.4. The van der Waals surface area contributed by atoms with Gasteiger partial charge in [0.2, 0.25) is 5.88 Å². The molecule has 180 valence electrons. The van der Waals surface area contributed by atoms with Crippen LogP contribution < -0.4 is 5.69 Å². The van der Waals surface area contributed by atoms with Crippen LogP contribution in [0.2, 0.25) is 0 Å². The van der Waals surface area contributed by atoms with Gasteiger partial charge in [0, 0.05) is 19.0 Å². The number of fused-ring (bicyclic) bond motifs is 5. The highest BCUT2D eigenvalue weighted by Crippen LogP contribution is 2.49. The summed E-state index contributed by atoms with van der Waals surface area (Å²) in [5.41, 5.74) is -0.485. The molecule has 1 aromatic carbocycles. The lowest BCUT2D eigenvalue weighted by Gasteiger charge is -2.27. The zero-order valence-electron chi connectivity index (χ0n) is 19.1. The van der Waals surface area contributed by atoms with Crippen molar-refractivity contribution in [1.29, 1.82) is 0 Å². The molecule has 2 aliphatic heterocycles. The lowest BCUT2D eigenvalue weighted by Crippen LogP contribution is -2.38. The van der Waals surface area contributed by atoms with Gasteiger partial charge in [0.15, 0.2) is 0 Å². The first-order valence-corrected chi connectivity index (χ1v) is 10.9. The van der Waals surface area contributed by atoms with Crippen molar-refractivity contribution in [3.8, 4) is 11.6 Å². The average molecular weight is 475 g/mol. The highest BCUT2D eigenvalue weighted by Gasteiger charge is 2.49. The molecule has 3 aromatic rings. The number of aromatic nitrogens is 4. The number of halogens is 3. The third kappa shape index (κ3) is 3.17. The molecule has 2 aliphatic rings. The van der Waals surface area contributed by atoms with Crippen LogP contribution in [0.15, 0.2) is 35.1 Å². The molecule has 34 heavy (non-hydrogen) atoms. The molecule has 0 spiro atoms. The van der Waals surface area contributed by atoms with Crippen molar-refractivity contribution in [2.45, 2.75) is 50.9 Å². The third-order valence-electron chi connectivity index (χ3n) is 6.62. The Morgan fingerprint density at radius 1 is 1.18 bits per heavy atom. The van der Waals surface area contributed by atoms with E-state index in [2.05, 4.69) is 5.10 Å². The van der Waals surface area contributed by atoms with Crippen LogP contribution in [0, 0.1) is 0 Å². The van der Waals surface area contributed by atoms with Crippen LogP contribution in [0.3, 0.4) is 0 Å². The number of hydrogen-bond donors (Lipinski definition) is 1. The van der Waals surface area contributed by atoms with Crippen LogP contribution in [0.1, 0.15) is 66.7 Å². The van der Waals surface area contributed by atoms with Gasteiger partial charge in [0.25, 0.3) is 5.91 Å². The van der Waals surface area contributed by atoms with Gasteiger partial charge in [0.05, 0.1) is 29.0 Å². The molecule has 11 heteroatoms. The monoisotopic (exact) mass is 475 g/mol. The van der Waals surface area contributed by atoms with E-state index in [-0.39, 0.29) is 35.3 Å². The minimum absolute atomic E-state index is 0.0852. The minimum atomic E-state index is -4.59. The summed E-state index contributed by atoms with van der Waals surface area (Å²) in [5.74, 6) is -0.724. The van der Waals surface area contributed by atoms with E-state index in [1.807, 2.05) is 20.8 Å². The van der Waals surface area contributed by atoms with Gasteiger partial charge in [-0.15, -0.1) is 0 Å². The molecule has 1 saturated heterocycles. The van der Waals surface area contributed by atoms with E-state index < -0.39 is 29.4 Å². The number of aromatic hydroxyl groups is 1. The molecular formula is C23H24F3N5O3. The largest absolute Gasteiger partial charge is 0.493 e. The van der Waals surface area contributed by atoms with E-state index in [9.17, 15) is 27.9 Å². The maximum absolute atomic E-state index is 13.4. The molecule has 1 N–H and O–H groups in total. The van der Waals surface area contributed by atoms with Crippen LogP contribution in [0.5, 0.6) is 5.88 Å². The molecule has 0 radical (unpaired) electrons. The van der Waals surface area contributed by atoms with Crippen LogP contribution in [0.25, 0.3) is 5.69 Å². The molecule has 2 bridgehead atoms. The fraction of sp³-hybridized carbons (Fsp3) is 0.435. The zero-order valence-corrected chi connectivity index (χ0v) is 19.1. The van der Waals surface area contributed by atoms with Gasteiger partial charge < -0.3 is 10.0 Å². The Kier molecular flexibility index (Phi) is 4.59. The fourth-order valence-electron chi connectivity index (χ4n) is 4.91. The highest BCUT2D eigenvalue weighted by atomic mass is 19.4. The standard InChI is InChI=1S/C23H24F3N5O3/c1-22(2,3)17-10-16(28(4)27-17)19(32)29-11-14-9-15(29)18-20(33)31(21(34)30(14)18)13-7-5-6-12(8-13)23(24,25)26/h5-8,10,14-15,33H,9,11H2,1-4H3/t14-,15-/m0/s1. The molecule has 4 heterocycles. The average Bonchev–Trinajstić information content (AvgIpc) is 3.48. The van der Waals surface area contributed by atoms with Crippen molar-refractivity contribution >= 4 is 5.91 Å². The summed E-state index contributed by atoms with van der Waals surface area (Å²) in [6.45, 7) is 6.25. The van der Waals surface area contributed by atoms with Crippen molar-refractivity contribution in [3.05, 3.63) is 63.5 Å². The van der Waals surface area contributed by atoms with E-state index in [1.165, 1.54) is 21.4 Å². The van der Waals surface area contributed by atoms with Crippen molar-refractivity contribution in [1.82, 2.24) is 23.8 Å². The molecule has 8 nitrogen and oxygen atoms in total. The van der Waals surface area contributed by atoms with Gasteiger partial charge in [-0.1, -0.05) is 26.8 Å². The first kappa shape index (κ1) is 22.3. The van der Waals surface area contributed by atoms with Gasteiger partial charge in [-0.25, -0.2) is 9.36 Å². The van der Waals surface area contributed by atoms with E-state index in [0.29, 0.717) is 12.1 Å². The number of nitrogens with zero attached hydrogens (tertiary/aromatic N) is 5. The molecule has 0 unspecified atom stereocenters. The van der Waals surface area contributed by atoms with E-state index >= 15 is 0 Å². The summed E-state index contributed by atoms with van der Waals surface area (Å²) in [7, 11) is 1.69. The van der Waals surface area contributed by atoms with Crippen LogP contribution in [-0.2, 0) is 18.6 Å². The molecule has 1 fully saturated rings. The van der Waals surface area contributed by atoms with Gasteiger partial charge in [-0.2, -0.15) is 18.3 Å². The van der Waals surface area contributed by atoms with Gasteiger partial charge in [-0.3, -0.25) is 14.0 Å². The number of carbonyl (C=O) groups is 1. The lowest BCUT2D eigenvalue weighted by atomic mass is 9.92. The number of amides is 1. The summed E-state index contributed by atoms with van der Waals surface area (Å²) in [6.07, 6.45) is -4.13. The number of hydrogen-bond acceptors (Lipinski definition) is 4. The summed E-state index contributed by atoms with van der Waals surface area (Å²) in [4.78, 5) is 28.1. The Morgan fingerprint density at radius 2 is 1.88 bits per heavy atom. The lowest BCUT2D eigenvalue weighted by molar-refractivity contribution is -0.137. The number of aryl methyl sites for hydroxylation is 1. The second kappa shape index (κ2) is 7.00. The first-order valence-electron chi connectivity index (χ1n) is 10.9. The maximum Gasteiger partial charge on any atom is 0.416 e. The summed E-state index contributed by atoms with van der Waals surface area (Å²) >= 11 is 0. The third-order valence-corrected chi connectivity index (χ3v) is 6.62. The first-order chi connectivity index (χ1) is 15.8. The number of likely N-dealkylation sites (tertiary alicyclic amines) is 1. The number of rotatable bonds is 2. The maximum atomic E-state index is 13.4. The second-order valence-electron chi connectivity index (χ2n) is 9.90. The Labute approximate surface area is 192 Å². The predicted molar refractivity (Wildman–Crippen MR) is 116 cm³/mol. The van der Waals surface area contributed by atoms with Crippen molar-refractivity contribution in [3.63, 3.8) is 0 Å². The molecule has 2 aromatic heterocycles. The minimum Gasteiger partial charge on any atom is -0.493 e. The Hall–Kier alpha value is -3.50. The summed E-state index contributed by atoms with van der Waals surface area (Å²) in [6, 6.07) is 5.06. The van der Waals surface area contributed by atoms with Crippen molar-refractivity contribution in [2.75, 3.05) is 6.54 Å². The Morgan fingerprint density at radius 3 is 2.50 bits per heavy atom. The number of alkyl halides is 3. The molecule has 2 atom stereocenters. The zero-order chi connectivity index (χ0) is 24.7. The number of imidazole rings is 1. The molecule has 0 aliphatic carbocycles. The molecule has 1 amide bonds. The molecular weight excluding hydrogens is 451 g/mol.